The van der Waals surface area contributed by atoms with Crippen LogP contribution in [0.1, 0.15) is 35.9 Å². The Morgan fingerprint density at radius 1 is 1.00 bits per heavy atom. The number of hydrogen-bond donors (Lipinski definition) is 0. The van der Waals surface area contributed by atoms with Gasteiger partial charge in [0, 0.05) is 5.56 Å². The lowest BCUT2D eigenvalue weighted by Crippen LogP contribution is -2.17. The highest BCUT2D eigenvalue weighted by molar-refractivity contribution is 7.48. The lowest BCUT2D eigenvalue weighted by atomic mass is 10.0. The maximum atomic E-state index is 13.1. The van der Waals surface area contributed by atoms with Gasteiger partial charge in [0.05, 0.1) is 13.2 Å². The van der Waals surface area contributed by atoms with E-state index in [1.54, 1.807) is 44.2 Å². The number of halogens is 1. The molecule has 2 aromatic rings. The van der Waals surface area contributed by atoms with Gasteiger partial charge >= 0.3 is 7.82 Å². The van der Waals surface area contributed by atoms with Crippen molar-refractivity contribution in [2.24, 2.45) is 0 Å². The number of phosphoric ester groups is 1. The highest BCUT2D eigenvalue weighted by Crippen LogP contribution is 2.53. The van der Waals surface area contributed by atoms with Gasteiger partial charge in [-0.1, -0.05) is 30.3 Å². The second-order valence-electron chi connectivity index (χ2n) is 5.05. The third kappa shape index (κ3) is 5.31. The van der Waals surface area contributed by atoms with Crippen molar-refractivity contribution in [3.05, 3.63) is 71.5 Å². The Bertz CT molecular complexity index is 723. The number of carbonyl (C=O) groups is 1. The van der Waals surface area contributed by atoms with E-state index >= 15 is 0 Å². The van der Waals surface area contributed by atoms with Gasteiger partial charge in [-0.25, -0.2) is 8.96 Å². The molecule has 134 valence electrons. The van der Waals surface area contributed by atoms with Crippen LogP contribution >= 0.6 is 7.82 Å². The molecular formula is C18H20FO5P. The van der Waals surface area contributed by atoms with E-state index in [2.05, 4.69) is 0 Å². The molecule has 0 saturated heterocycles. The zero-order chi connectivity index (χ0) is 18.3. The van der Waals surface area contributed by atoms with Crippen molar-refractivity contribution >= 4 is 13.6 Å². The third-order valence-corrected chi connectivity index (χ3v) is 4.90. The first-order chi connectivity index (χ1) is 12.0. The number of hydrogen-bond acceptors (Lipinski definition) is 5. The first-order valence-electron chi connectivity index (χ1n) is 7.91. The molecule has 0 aliphatic rings. The van der Waals surface area contributed by atoms with E-state index in [0.717, 1.165) is 0 Å². The van der Waals surface area contributed by atoms with E-state index in [0.29, 0.717) is 5.56 Å². The van der Waals surface area contributed by atoms with Gasteiger partial charge < -0.3 is 0 Å². The van der Waals surface area contributed by atoms with Gasteiger partial charge in [0.15, 0.2) is 11.9 Å². The summed E-state index contributed by atoms with van der Waals surface area (Å²) < 4.78 is 41.6. The van der Waals surface area contributed by atoms with Gasteiger partial charge in [-0.3, -0.25) is 18.4 Å². The molecule has 0 saturated carbocycles. The van der Waals surface area contributed by atoms with Gasteiger partial charge in [0.2, 0.25) is 0 Å². The normalized spacial score (nSPS) is 12.8. The molecule has 0 amide bonds. The molecular weight excluding hydrogens is 346 g/mol. The van der Waals surface area contributed by atoms with Crippen molar-refractivity contribution in [3.8, 4) is 0 Å². The summed E-state index contributed by atoms with van der Waals surface area (Å²) in [7, 11) is -3.92. The molecule has 0 N–H and O–H groups in total. The predicted molar refractivity (Wildman–Crippen MR) is 91.9 cm³/mol. The fraction of sp³-hybridized carbons (Fsp3) is 0.278. The quantitative estimate of drug-likeness (QED) is 0.464. The van der Waals surface area contributed by atoms with Crippen LogP contribution in [-0.2, 0) is 18.1 Å². The molecule has 1 atom stereocenters. The van der Waals surface area contributed by atoms with E-state index in [-0.39, 0.29) is 18.8 Å². The van der Waals surface area contributed by atoms with Gasteiger partial charge in [0.1, 0.15) is 5.82 Å². The van der Waals surface area contributed by atoms with Crippen LogP contribution in [-0.4, -0.2) is 19.0 Å². The van der Waals surface area contributed by atoms with Crippen LogP contribution in [0.2, 0.25) is 0 Å². The molecule has 5 nitrogen and oxygen atoms in total. The molecule has 0 aliphatic heterocycles. The van der Waals surface area contributed by atoms with E-state index in [1.807, 2.05) is 0 Å². The maximum absolute atomic E-state index is 13.1. The van der Waals surface area contributed by atoms with E-state index in [9.17, 15) is 13.8 Å². The molecule has 0 radical (unpaired) electrons. The number of carbonyl (C=O) groups excluding carboxylic acids is 1. The summed E-state index contributed by atoms with van der Waals surface area (Å²) in [5, 5.41) is 0. The topological polar surface area (TPSA) is 61.8 Å². The van der Waals surface area contributed by atoms with Crippen molar-refractivity contribution in [1.29, 1.82) is 0 Å². The van der Waals surface area contributed by atoms with E-state index in [4.69, 9.17) is 13.6 Å². The lowest BCUT2D eigenvalue weighted by molar-refractivity contribution is 0.0594. The van der Waals surface area contributed by atoms with Gasteiger partial charge in [-0.2, -0.15) is 0 Å². The number of benzene rings is 2. The summed E-state index contributed by atoms with van der Waals surface area (Å²) in [5.74, 6) is -0.922. The monoisotopic (exact) mass is 366 g/mol. The van der Waals surface area contributed by atoms with Crippen LogP contribution in [0, 0.1) is 5.82 Å². The Labute approximate surface area is 146 Å². The fourth-order valence-corrected chi connectivity index (χ4v) is 3.50. The summed E-state index contributed by atoms with van der Waals surface area (Å²) in [6, 6.07) is 13.7. The molecule has 0 aliphatic carbocycles. The Balaban J connectivity index is 2.38. The van der Waals surface area contributed by atoms with Crippen LogP contribution in [0.4, 0.5) is 4.39 Å². The molecule has 2 aromatic carbocycles. The van der Waals surface area contributed by atoms with E-state index < -0.39 is 25.5 Å². The molecule has 0 spiro atoms. The first kappa shape index (κ1) is 19.5. The van der Waals surface area contributed by atoms with Crippen LogP contribution in [0.25, 0.3) is 0 Å². The molecule has 1 unspecified atom stereocenters. The second-order valence-corrected chi connectivity index (χ2v) is 6.67. The fourth-order valence-electron chi connectivity index (χ4n) is 2.20. The SMILES string of the molecule is CCOP(=O)(OCC)OC(C(=O)c1ccc(F)cc1)c1ccccc1. The highest BCUT2D eigenvalue weighted by atomic mass is 31.2. The van der Waals surface area contributed by atoms with Crippen LogP contribution in [0.3, 0.4) is 0 Å². The molecule has 2 rings (SSSR count). The number of rotatable bonds is 9. The summed E-state index contributed by atoms with van der Waals surface area (Å²) in [6.45, 7) is 3.50. The molecule has 7 heteroatoms. The average Bonchev–Trinajstić information content (AvgIpc) is 2.61. The van der Waals surface area contributed by atoms with Crippen LogP contribution in [0.15, 0.2) is 54.6 Å². The Kier molecular flexibility index (Phi) is 7.02. The summed E-state index contributed by atoms with van der Waals surface area (Å²) in [5.41, 5.74) is 0.728. The Morgan fingerprint density at radius 2 is 1.56 bits per heavy atom. The third-order valence-electron chi connectivity index (χ3n) is 3.28. The minimum atomic E-state index is -3.92. The van der Waals surface area contributed by atoms with Crippen molar-refractivity contribution in [2.75, 3.05) is 13.2 Å². The molecule has 0 heterocycles. The molecule has 25 heavy (non-hydrogen) atoms. The molecule has 0 bridgehead atoms. The van der Waals surface area contributed by atoms with Gasteiger partial charge in [-0.05, 0) is 43.7 Å². The Hall–Kier alpha value is -1.85. The largest absolute Gasteiger partial charge is 0.475 e. The first-order valence-corrected chi connectivity index (χ1v) is 9.37. The van der Waals surface area contributed by atoms with Crippen molar-refractivity contribution in [2.45, 2.75) is 20.0 Å². The number of Topliss-reactive ketones (excluding diaryl/α,β-unsaturated/α-hetero) is 1. The maximum Gasteiger partial charge on any atom is 0.475 e. The average molecular weight is 366 g/mol. The number of phosphoric acid groups is 1. The van der Waals surface area contributed by atoms with Crippen LogP contribution < -0.4 is 0 Å². The zero-order valence-electron chi connectivity index (χ0n) is 14.1. The highest BCUT2D eigenvalue weighted by Gasteiger charge is 2.35. The molecule has 0 fully saturated rings. The predicted octanol–water partition coefficient (Wildman–Crippen LogP) is 4.95. The minimum absolute atomic E-state index is 0.101. The zero-order valence-corrected chi connectivity index (χ0v) is 14.9. The van der Waals surface area contributed by atoms with Gasteiger partial charge in [-0.15, -0.1) is 0 Å². The summed E-state index contributed by atoms with van der Waals surface area (Å²) in [4.78, 5) is 12.9. The standard InChI is InChI=1S/C18H20FO5P/c1-3-22-25(21,23-4-2)24-18(15-8-6-5-7-9-15)17(20)14-10-12-16(19)13-11-14/h5-13,18H,3-4H2,1-2H3. The van der Waals surface area contributed by atoms with Crippen molar-refractivity contribution < 1.29 is 27.3 Å². The Morgan fingerprint density at radius 3 is 2.08 bits per heavy atom. The van der Waals surface area contributed by atoms with Gasteiger partial charge in [0.25, 0.3) is 0 Å². The summed E-state index contributed by atoms with van der Waals surface area (Å²) in [6.07, 6.45) is -1.20. The van der Waals surface area contributed by atoms with Crippen molar-refractivity contribution in [3.63, 3.8) is 0 Å². The summed E-state index contributed by atoms with van der Waals surface area (Å²) >= 11 is 0. The second kappa shape index (κ2) is 9.02. The molecule has 0 aromatic heterocycles. The van der Waals surface area contributed by atoms with E-state index in [1.165, 1.54) is 24.3 Å². The van der Waals surface area contributed by atoms with Crippen LogP contribution in [0.5, 0.6) is 0 Å². The van der Waals surface area contributed by atoms with Crippen molar-refractivity contribution in [1.82, 2.24) is 0 Å². The smallest absolute Gasteiger partial charge is 0.291 e. The minimum Gasteiger partial charge on any atom is -0.291 e. The lowest BCUT2D eigenvalue weighted by Gasteiger charge is -2.23. The number of ketones is 1.